The number of alkyl carbamates (subject to hydrolysis) is 1. The van der Waals surface area contributed by atoms with Crippen LogP contribution in [0.3, 0.4) is 0 Å². The second kappa shape index (κ2) is 11.5. The average molecular weight is 493 g/mol. The zero-order valence-corrected chi connectivity index (χ0v) is 20.7. The van der Waals surface area contributed by atoms with Gasteiger partial charge in [0.1, 0.15) is 18.2 Å². The first kappa shape index (κ1) is 23.6. The molecule has 2 unspecified atom stereocenters. The van der Waals surface area contributed by atoms with Crippen molar-refractivity contribution in [2.75, 3.05) is 24.6 Å². The number of ether oxygens (including phenoxy) is 2. The van der Waals surface area contributed by atoms with E-state index >= 15 is 0 Å². The smallest absolute Gasteiger partial charge is 0.407 e. The summed E-state index contributed by atoms with van der Waals surface area (Å²) in [5.41, 5.74) is 3.77. The zero-order valence-electron chi connectivity index (χ0n) is 19.8. The van der Waals surface area contributed by atoms with Crippen LogP contribution in [0.25, 0.3) is 0 Å². The summed E-state index contributed by atoms with van der Waals surface area (Å²) in [7, 11) is 0. The number of hydrogen-bond acceptors (Lipinski definition) is 7. The quantitative estimate of drug-likeness (QED) is 0.397. The van der Waals surface area contributed by atoms with Crippen LogP contribution in [0, 0.1) is 11.8 Å². The molecule has 3 aromatic rings. The number of thiazole rings is 1. The van der Waals surface area contributed by atoms with Crippen molar-refractivity contribution >= 4 is 23.2 Å². The van der Waals surface area contributed by atoms with Gasteiger partial charge in [-0.3, -0.25) is 0 Å². The molecule has 2 aliphatic rings. The number of carbonyl (C=O) groups excluding carboxylic acids is 1. The zero-order chi connectivity index (χ0) is 23.9. The highest BCUT2D eigenvalue weighted by molar-refractivity contribution is 7.07. The normalized spacial score (nSPS) is 19.8. The third-order valence-electron chi connectivity index (χ3n) is 6.74. The van der Waals surface area contributed by atoms with Gasteiger partial charge in [-0.1, -0.05) is 18.2 Å². The second-order valence-corrected chi connectivity index (χ2v) is 10.1. The van der Waals surface area contributed by atoms with Crippen molar-refractivity contribution < 1.29 is 14.3 Å². The molecule has 5 rings (SSSR count). The molecule has 0 spiro atoms. The maximum absolute atomic E-state index is 12.1. The van der Waals surface area contributed by atoms with Gasteiger partial charge < -0.3 is 19.7 Å². The number of carbonyl (C=O) groups is 1. The standard InChI is InChI=1S/C27H32N4O3S/c32-27(34-17-23-18-35-19-30-23)29-12-9-20-10-13-31(26-6-1-2-11-28-26)25(14-20)22-4-3-5-24(15-22)33-16-21-7-8-21/h1-6,11,15,18-21,25H,7-10,12-14,16-17H2,(H,29,32). The lowest BCUT2D eigenvalue weighted by Crippen LogP contribution is -2.38. The Bertz CT molecular complexity index is 1080. The highest BCUT2D eigenvalue weighted by atomic mass is 32.1. The van der Waals surface area contributed by atoms with Gasteiger partial charge in [0.15, 0.2) is 0 Å². The van der Waals surface area contributed by atoms with Crippen molar-refractivity contribution in [3.05, 3.63) is 70.8 Å². The summed E-state index contributed by atoms with van der Waals surface area (Å²) in [4.78, 5) is 23.2. The number of nitrogens with zero attached hydrogens (tertiary/aromatic N) is 3. The number of benzene rings is 1. The molecule has 7 nitrogen and oxygen atoms in total. The predicted molar refractivity (Wildman–Crippen MR) is 137 cm³/mol. The Morgan fingerprint density at radius 1 is 1.11 bits per heavy atom. The lowest BCUT2D eigenvalue weighted by molar-refractivity contribution is 0.137. The highest BCUT2D eigenvalue weighted by Crippen LogP contribution is 2.39. The Morgan fingerprint density at radius 2 is 2.06 bits per heavy atom. The molecule has 2 fully saturated rings. The van der Waals surface area contributed by atoms with E-state index in [4.69, 9.17) is 9.47 Å². The van der Waals surface area contributed by atoms with Gasteiger partial charge >= 0.3 is 6.09 Å². The van der Waals surface area contributed by atoms with Crippen molar-refractivity contribution in [1.82, 2.24) is 15.3 Å². The number of hydrogen-bond donors (Lipinski definition) is 1. The number of piperidine rings is 1. The minimum Gasteiger partial charge on any atom is -0.493 e. The van der Waals surface area contributed by atoms with Crippen LogP contribution in [0.2, 0.25) is 0 Å². The molecular formula is C27H32N4O3S. The highest BCUT2D eigenvalue weighted by Gasteiger charge is 2.31. The van der Waals surface area contributed by atoms with Crippen molar-refractivity contribution in [1.29, 1.82) is 0 Å². The van der Waals surface area contributed by atoms with Crippen LogP contribution in [-0.4, -0.2) is 35.8 Å². The van der Waals surface area contributed by atoms with Crippen LogP contribution in [0.1, 0.15) is 49.4 Å². The molecule has 3 heterocycles. The topological polar surface area (TPSA) is 76.6 Å². The van der Waals surface area contributed by atoms with Gasteiger partial charge in [-0.2, -0.15) is 0 Å². The van der Waals surface area contributed by atoms with E-state index < -0.39 is 0 Å². The maximum atomic E-state index is 12.1. The SMILES string of the molecule is O=C(NCCC1CCN(c2ccccn2)C(c2cccc(OCC3CC3)c2)C1)OCc1cscn1. The van der Waals surface area contributed by atoms with Gasteiger partial charge in [0.05, 0.1) is 23.9 Å². The monoisotopic (exact) mass is 492 g/mol. The van der Waals surface area contributed by atoms with Crippen molar-refractivity contribution in [3.8, 4) is 5.75 Å². The molecule has 184 valence electrons. The van der Waals surface area contributed by atoms with E-state index in [1.165, 1.54) is 29.7 Å². The van der Waals surface area contributed by atoms with Gasteiger partial charge in [0.25, 0.3) is 0 Å². The van der Waals surface area contributed by atoms with Crippen LogP contribution < -0.4 is 15.0 Å². The Labute approximate surface area is 210 Å². The minimum atomic E-state index is -0.388. The fraction of sp³-hybridized carbons (Fsp3) is 0.444. The lowest BCUT2D eigenvalue weighted by Gasteiger charge is -2.41. The first-order valence-corrected chi connectivity index (χ1v) is 13.4. The number of pyridine rings is 1. The fourth-order valence-corrected chi connectivity index (χ4v) is 5.15. The molecule has 2 atom stereocenters. The molecule has 0 bridgehead atoms. The molecular weight excluding hydrogens is 460 g/mol. The lowest BCUT2D eigenvalue weighted by atomic mass is 9.85. The number of rotatable bonds is 10. The maximum Gasteiger partial charge on any atom is 0.407 e. The third kappa shape index (κ3) is 6.72. The molecule has 1 aliphatic heterocycles. The molecule has 35 heavy (non-hydrogen) atoms. The van der Waals surface area contributed by atoms with E-state index in [0.717, 1.165) is 55.6 Å². The van der Waals surface area contributed by atoms with Gasteiger partial charge in [0, 0.05) is 24.7 Å². The summed E-state index contributed by atoms with van der Waals surface area (Å²) < 4.78 is 11.3. The Hall–Kier alpha value is -3.13. The largest absolute Gasteiger partial charge is 0.493 e. The molecule has 1 saturated carbocycles. The minimum absolute atomic E-state index is 0.207. The number of amides is 1. The number of nitrogens with one attached hydrogen (secondary N) is 1. The van der Waals surface area contributed by atoms with Crippen LogP contribution in [0.5, 0.6) is 5.75 Å². The van der Waals surface area contributed by atoms with Crippen LogP contribution in [0.15, 0.2) is 59.6 Å². The van der Waals surface area contributed by atoms with E-state index in [-0.39, 0.29) is 18.7 Å². The van der Waals surface area contributed by atoms with E-state index in [9.17, 15) is 4.79 Å². The van der Waals surface area contributed by atoms with Gasteiger partial charge in [-0.25, -0.2) is 14.8 Å². The van der Waals surface area contributed by atoms with Crippen LogP contribution >= 0.6 is 11.3 Å². The molecule has 1 aromatic carbocycles. The Kier molecular flexibility index (Phi) is 7.78. The Morgan fingerprint density at radius 3 is 2.86 bits per heavy atom. The average Bonchev–Trinajstić information content (AvgIpc) is 3.59. The first-order chi connectivity index (χ1) is 17.2. The summed E-state index contributed by atoms with van der Waals surface area (Å²) in [6.07, 6.45) is 7.00. The molecule has 1 amide bonds. The summed E-state index contributed by atoms with van der Waals surface area (Å²) in [5, 5.41) is 4.78. The van der Waals surface area contributed by atoms with Gasteiger partial charge in [-0.05, 0) is 73.8 Å². The van der Waals surface area contributed by atoms with Crippen LogP contribution in [0.4, 0.5) is 10.6 Å². The summed E-state index contributed by atoms with van der Waals surface area (Å²) in [5.74, 6) is 3.17. The molecule has 0 radical (unpaired) electrons. The second-order valence-electron chi connectivity index (χ2n) is 9.39. The summed E-state index contributed by atoms with van der Waals surface area (Å²) in [6, 6.07) is 14.8. The first-order valence-electron chi connectivity index (χ1n) is 12.4. The molecule has 1 aliphatic carbocycles. The van der Waals surface area contributed by atoms with E-state index in [0.29, 0.717) is 12.5 Å². The van der Waals surface area contributed by atoms with E-state index in [1.807, 2.05) is 23.7 Å². The van der Waals surface area contributed by atoms with Crippen LogP contribution in [-0.2, 0) is 11.3 Å². The molecule has 2 aromatic heterocycles. The molecule has 1 N–H and O–H groups in total. The third-order valence-corrected chi connectivity index (χ3v) is 7.37. The summed E-state index contributed by atoms with van der Waals surface area (Å²) >= 11 is 1.49. The Balaban J connectivity index is 1.20. The number of aromatic nitrogens is 2. The van der Waals surface area contributed by atoms with Gasteiger partial charge in [-0.15, -0.1) is 11.3 Å². The predicted octanol–water partition coefficient (Wildman–Crippen LogP) is 5.60. The molecule has 8 heteroatoms. The summed E-state index contributed by atoms with van der Waals surface area (Å²) in [6.45, 7) is 2.54. The van der Waals surface area contributed by atoms with Gasteiger partial charge in [0.2, 0.25) is 0 Å². The molecule has 1 saturated heterocycles. The van der Waals surface area contributed by atoms with E-state index in [1.54, 1.807) is 5.51 Å². The van der Waals surface area contributed by atoms with E-state index in [2.05, 4.69) is 50.5 Å². The van der Waals surface area contributed by atoms with Crippen molar-refractivity contribution in [2.24, 2.45) is 11.8 Å². The fourth-order valence-electron chi connectivity index (χ4n) is 4.60. The number of anilines is 1. The van der Waals surface area contributed by atoms with Crippen molar-refractivity contribution in [3.63, 3.8) is 0 Å². The van der Waals surface area contributed by atoms with Crippen molar-refractivity contribution in [2.45, 2.75) is 44.8 Å².